The molecule has 0 saturated heterocycles. The fraction of sp³-hybridized carbons (Fsp3) is 0.440. The van der Waals surface area contributed by atoms with Crippen LogP contribution in [0, 0.1) is 0 Å². The Labute approximate surface area is 223 Å². The molecular weight excluding hydrogens is 525 g/mol. The van der Waals surface area contributed by atoms with Crippen molar-refractivity contribution in [3.8, 4) is 5.75 Å². The molecule has 2 aromatic rings. The molecule has 0 aliphatic rings. The first-order chi connectivity index (χ1) is 17.0. The fourth-order valence-corrected chi connectivity index (χ4v) is 4.83. The minimum absolute atomic E-state index is 0.0402. The molecule has 2 rings (SSSR count). The van der Waals surface area contributed by atoms with E-state index in [0.717, 1.165) is 17.0 Å². The number of hydrogen-bond acceptors (Lipinski definition) is 5. The summed E-state index contributed by atoms with van der Waals surface area (Å²) in [5, 5.41) is 3.51. The van der Waals surface area contributed by atoms with Crippen molar-refractivity contribution in [2.75, 3.05) is 30.3 Å². The van der Waals surface area contributed by atoms with Gasteiger partial charge in [0.1, 0.15) is 18.3 Å². The minimum atomic E-state index is -3.87. The topological polar surface area (TPSA) is 96.0 Å². The number of anilines is 1. The van der Waals surface area contributed by atoms with E-state index in [4.69, 9.17) is 27.9 Å². The molecule has 0 saturated carbocycles. The average molecular weight is 559 g/mol. The van der Waals surface area contributed by atoms with Crippen LogP contribution >= 0.6 is 23.2 Å². The van der Waals surface area contributed by atoms with Gasteiger partial charge in [-0.25, -0.2) is 8.42 Å². The highest BCUT2D eigenvalue weighted by Gasteiger charge is 2.32. The molecule has 0 spiro atoms. The second-order valence-electron chi connectivity index (χ2n) is 8.16. The summed E-state index contributed by atoms with van der Waals surface area (Å²) >= 11 is 12.2. The van der Waals surface area contributed by atoms with E-state index < -0.39 is 28.5 Å². The van der Waals surface area contributed by atoms with E-state index in [0.29, 0.717) is 40.9 Å². The zero-order valence-corrected chi connectivity index (χ0v) is 23.3. The summed E-state index contributed by atoms with van der Waals surface area (Å²) in [4.78, 5) is 28.1. The third kappa shape index (κ3) is 8.01. The quantitative estimate of drug-likeness (QED) is 0.391. The van der Waals surface area contributed by atoms with Crippen LogP contribution in [0.2, 0.25) is 10.0 Å². The van der Waals surface area contributed by atoms with Gasteiger partial charge in [0, 0.05) is 13.1 Å². The highest BCUT2D eigenvalue weighted by atomic mass is 35.5. The summed E-state index contributed by atoms with van der Waals surface area (Å²) in [6.45, 7) is 5.82. The summed E-state index contributed by atoms with van der Waals surface area (Å²) in [6, 6.07) is 10.7. The summed E-state index contributed by atoms with van der Waals surface area (Å²) in [7, 11) is -3.87. The molecule has 0 aromatic heterocycles. The Balaban J connectivity index is 2.49. The predicted octanol–water partition coefficient (Wildman–Crippen LogP) is 4.49. The lowest BCUT2D eigenvalue weighted by Crippen LogP contribution is -2.52. The maximum atomic E-state index is 13.7. The molecule has 8 nitrogen and oxygen atoms in total. The summed E-state index contributed by atoms with van der Waals surface area (Å²) in [6.07, 6.45) is 2.09. The zero-order chi connectivity index (χ0) is 26.9. The molecule has 0 radical (unpaired) electrons. The smallest absolute Gasteiger partial charge is 0.244 e. The Morgan fingerprint density at radius 2 is 1.75 bits per heavy atom. The Kier molecular flexibility index (Phi) is 11.3. The van der Waals surface area contributed by atoms with Gasteiger partial charge in [0.25, 0.3) is 0 Å². The Bertz CT molecular complexity index is 1160. The molecule has 11 heteroatoms. The molecule has 0 aliphatic carbocycles. The normalized spacial score (nSPS) is 12.1. The molecule has 0 aliphatic heterocycles. The molecule has 2 amide bonds. The molecular formula is C25H33Cl2N3O5S. The number of benzene rings is 2. The van der Waals surface area contributed by atoms with Gasteiger partial charge in [0.05, 0.1) is 28.6 Å². The van der Waals surface area contributed by atoms with Gasteiger partial charge in [-0.2, -0.15) is 0 Å². The highest BCUT2D eigenvalue weighted by molar-refractivity contribution is 7.92. The number of rotatable bonds is 13. The zero-order valence-electron chi connectivity index (χ0n) is 21.0. The van der Waals surface area contributed by atoms with Crippen LogP contribution in [0.5, 0.6) is 5.75 Å². The van der Waals surface area contributed by atoms with Gasteiger partial charge < -0.3 is 15.0 Å². The van der Waals surface area contributed by atoms with E-state index in [1.807, 2.05) is 6.92 Å². The van der Waals surface area contributed by atoms with Crippen molar-refractivity contribution in [3.05, 3.63) is 58.1 Å². The number of nitrogens with one attached hydrogen (secondary N) is 1. The summed E-state index contributed by atoms with van der Waals surface area (Å²) in [5.41, 5.74) is 0.897. The second kappa shape index (κ2) is 13.7. The van der Waals surface area contributed by atoms with E-state index in [-0.39, 0.29) is 18.1 Å². The largest absolute Gasteiger partial charge is 0.492 e. The van der Waals surface area contributed by atoms with Gasteiger partial charge in [-0.15, -0.1) is 0 Å². The number of sulfonamides is 1. The Morgan fingerprint density at radius 3 is 2.33 bits per heavy atom. The standard InChI is InChI=1S/C25H33Cl2N3O5S/c1-5-14-28-25(32)21(6-2)29(16-18-12-13-19(26)20(27)15-18)24(31)17-30(36(4,33)34)22-10-8-9-11-23(22)35-7-3/h8-13,15,21H,5-7,14,16-17H2,1-4H3,(H,28,32)/t21-/m1/s1. The van der Waals surface area contributed by atoms with Crippen molar-refractivity contribution >= 4 is 50.7 Å². The van der Waals surface area contributed by atoms with Crippen LogP contribution in [0.3, 0.4) is 0 Å². The number of carbonyl (C=O) groups excluding carboxylic acids is 2. The number of hydrogen-bond donors (Lipinski definition) is 1. The van der Waals surface area contributed by atoms with Gasteiger partial charge in [0.2, 0.25) is 21.8 Å². The van der Waals surface area contributed by atoms with Crippen molar-refractivity contribution in [1.82, 2.24) is 10.2 Å². The predicted molar refractivity (Wildman–Crippen MR) is 144 cm³/mol. The average Bonchev–Trinajstić information content (AvgIpc) is 2.83. The van der Waals surface area contributed by atoms with Crippen LogP contribution in [-0.2, 0) is 26.2 Å². The van der Waals surface area contributed by atoms with Crippen molar-refractivity contribution in [2.45, 2.75) is 46.2 Å². The summed E-state index contributed by atoms with van der Waals surface area (Å²) < 4.78 is 32.2. The van der Waals surface area contributed by atoms with Gasteiger partial charge in [-0.05, 0) is 49.6 Å². The number of ether oxygens (including phenoxy) is 1. The SMILES string of the molecule is CCCNC(=O)[C@@H](CC)N(Cc1ccc(Cl)c(Cl)c1)C(=O)CN(c1ccccc1OCC)S(C)(=O)=O. The molecule has 0 unspecified atom stereocenters. The highest BCUT2D eigenvalue weighted by Crippen LogP contribution is 2.30. The van der Waals surface area contributed by atoms with Gasteiger partial charge in [-0.1, -0.05) is 55.2 Å². The first kappa shape index (κ1) is 29.7. The van der Waals surface area contributed by atoms with E-state index in [9.17, 15) is 18.0 Å². The molecule has 36 heavy (non-hydrogen) atoms. The van der Waals surface area contributed by atoms with Crippen LogP contribution in [-0.4, -0.2) is 57.1 Å². The van der Waals surface area contributed by atoms with Crippen molar-refractivity contribution < 1.29 is 22.7 Å². The van der Waals surface area contributed by atoms with Crippen LogP contribution in [0.1, 0.15) is 39.2 Å². The van der Waals surface area contributed by atoms with E-state index in [2.05, 4.69) is 5.32 Å². The molecule has 2 aromatic carbocycles. The number of para-hydroxylation sites is 2. The van der Waals surface area contributed by atoms with Crippen LogP contribution < -0.4 is 14.4 Å². The van der Waals surface area contributed by atoms with E-state index in [1.54, 1.807) is 56.3 Å². The number of halogens is 2. The van der Waals surface area contributed by atoms with Crippen molar-refractivity contribution in [1.29, 1.82) is 0 Å². The molecule has 1 N–H and O–H groups in total. The Morgan fingerprint density at radius 1 is 1.06 bits per heavy atom. The van der Waals surface area contributed by atoms with E-state index >= 15 is 0 Å². The van der Waals surface area contributed by atoms with Crippen molar-refractivity contribution in [2.24, 2.45) is 0 Å². The first-order valence-electron chi connectivity index (χ1n) is 11.7. The fourth-order valence-electron chi connectivity index (χ4n) is 3.66. The lowest BCUT2D eigenvalue weighted by atomic mass is 10.1. The minimum Gasteiger partial charge on any atom is -0.492 e. The maximum absolute atomic E-state index is 13.7. The summed E-state index contributed by atoms with van der Waals surface area (Å²) in [5.74, 6) is -0.522. The van der Waals surface area contributed by atoms with Gasteiger partial charge >= 0.3 is 0 Å². The maximum Gasteiger partial charge on any atom is 0.244 e. The number of carbonyl (C=O) groups is 2. The van der Waals surface area contributed by atoms with E-state index in [1.165, 1.54) is 4.90 Å². The number of amides is 2. The third-order valence-corrected chi connectivity index (χ3v) is 7.25. The Hall–Kier alpha value is -2.49. The molecule has 0 bridgehead atoms. The first-order valence-corrected chi connectivity index (χ1v) is 14.3. The van der Waals surface area contributed by atoms with Crippen LogP contribution in [0.25, 0.3) is 0 Å². The third-order valence-electron chi connectivity index (χ3n) is 5.39. The van der Waals surface area contributed by atoms with Crippen LogP contribution in [0.15, 0.2) is 42.5 Å². The lowest BCUT2D eigenvalue weighted by Gasteiger charge is -2.33. The van der Waals surface area contributed by atoms with Gasteiger partial charge in [-0.3, -0.25) is 13.9 Å². The van der Waals surface area contributed by atoms with Crippen LogP contribution in [0.4, 0.5) is 5.69 Å². The monoisotopic (exact) mass is 557 g/mol. The molecule has 1 atom stereocenters. The number of nitrogens with zero attached hydrogens (tertiary/aromatic N) is 2. The second-order valence-corrected chi connectivity index (χ2v) is 10.9. The molecule has 0 heterocycles. The van der Waals surface area contributed by atoms with Gasteiger partial charge in [0.15, 0.2) is 0 Å². The molecule has 198 valence electrons. The molecule has 0 fully saturated rings. The van der Waals surface area contributed by atoms with Crippen molar-refractivity contribution in [3.63, 3.8) is 0 Å². The lowest BCUT2D eigenvalue weighted by molar-refractivity contribution is -0.140.